The Bertz CT molecular complexity index is 3030. The van der Waals surface area contributed by atoms with Crippen molar-refractivity contribution in [2.45, 2.75) is 0 Å². The fourth-order valence-corrected chi connectivity index (χ4v) is 8.85. The van der Waals surface area contributed by atoms with Crippen LogP contribution in [0.25, 0.3) is 87.0 Å². The Balaban J connectivity index is 1.07. The first kappa shape index (κ1) is 29.1. The molecule has 0 N–H and O–H groups in total. The number of para-hydroxylation sites is 1. The predicted molar refractivity (Wildman–Crippen MR) is 218 cm³/mol. The second-order valence-corrected chi connectivity index (χ2v) is 14.3. The van der Waals surface area contributed by atoms with Gasteiger partial charge < -0.3 is 4.90 Å². The SMILES string of the molecule is c1ccc(-c2nc(-c3ccc4ccc(N5c6ccccc6-c6cccc7cccc5c67)cc4c3)nc(-c3ccc4sc5ccccc5c4c3)n2)cc1. The first-order chi connectivity index (χ1) is 25.7. The van der Waals surface area contributed by atoms with Crippen molar-refractivity contribution < 1.29 is 0 Å². The Morgan fingerprint density at radius 2 is 1.04 bits per heavy atom. The molecular formula is C47H28N4S. The summed E-state index contributed by atoms with van der Waals surface area (Å²) in [6, 6.07) is 60.4. The Morgan fingerprint density at radius 3 is 1.92 bits per heavy atom. The highest BCUT2D eigenvalue weighted by Gasteiger charge is 2.25. The Labute approximate surface area is 303 Å². The number of fused-ring (bicyclic) bond motifs is 6. The molecule has 0 spiro atoms. The van der Waals surface area contributed by atoms with E-state index in [4.69, 9.17) is 15.0 Å². The Kier molecular flexibility index (Phi) is 6.39. The van der Waals surface area contributed by atoms with E-state index < -0.39 is 0 Å². The minimum absolute atomic E-state index is 0.647. The van der Waals surface area contributed by atoms with Gasteiger partial charge in [0.05, 0.1) is 11.4 Å². The lowest BCUT2D eigenvalue weighted by molar-refractivity contribution is 1.08. The van der Waals surface area contributed by atoms with Gasteiger partial charge in [-0.3, -0.25) is 0 Å². The van der Waals surface area contributed by atoms with E-state index in [2.05, 4.69) is 157 Å². The molecule has 0 radical (unpaired) electrons. The van der Waals surface area contributed by atoms with Crippen LogP contribution in [0.4, 0.5) is 17.1 Å². The lowest BCUT2D eigenvalue weighted by Crippen LogP contribution is -2.14. The summed E-state index contributed by atoms with van der Waals surface area (Å²) in [6.07, 6.45) is 0. The molecule has 0 saturated heterocycles. The summed E-state index contributed by atoms with van der Waals surface area (Å²) in [5.74, 6) is 1.96. The molecule has 10 aromatic rings. The minimum atomic E-state index is 0.647. The largest absolute Gasteiger partial charge is 0.309 e. The lowest BCUT2D eigenvalue weighted by Gasteiger charge is -2.33. The van der Waals surface area contributed by atoms with Gasteiger partial charge in [-0.25, -0.2) is 15.0 Å². The minimum Gasteiger partial charge on any atom is -0.309 e. The molecule has 1 aliphatic rings. The van der Waals surface area contributed by atoms with Gasteiger partial charge in [0.2, 0.25) is 0 Å². The molecule has 8 aromatic carbocycles. The smallest absolute Gasteiger partial charge is 0.164 e. The number of hydrogen-bond acceptors (Lipinski definition) is 5. The van der Waals surface area contributed by atoms with Crippen LogP contribution in [0, 0.1) is 0 Å². The number of thiophene rings is 1. The summed E-state index contributed by atoms with van der Waals surface area (Å²) in [5, 5.41) is 7.26. The van der Waals surface area contributed by atoms with Crippen molar-refractivity contribution in [3.05, 3.63) is 170 Å². The van der Waals surface area contributed by atoms with E-state index in [1.165, 1.54) is 53.4 Å². The van der Waals surface area contributed by atoms with Crippen LogP contribution < -0.4 is 4.90 Å². The average molecular weight is 681 g/mol. The second-order valence-electron chi connectivity index (χ2n) is 13.3. The molecular weight excluding hydrogens is 653 g/mol. The van der Waals surface area contributed by atoms with E-state index in [-0.39, 0.29) is 0 Å². The molecule has 3 heterocycles. The van der Waals surface area contributed by atoms with Crippen molar-refractivity contribution >= 4 is 70.1 Å². The number of benzene rings is 8. The van der Waals surface area contributed by atoms with Gasteiger partial charge in [-0.15, -0.1) is 11.3 Å². The molecule has 0 fully saturated rings. The molecule has 0 amide bonds. The summed E-state index contributed by atoms with van der Waals surface area (Å²) in [7, 11) is 0. The topological polar surface area (TPSA) is 41.9 Å². The van der Waals surface area contributed by atoms with Crippen molar-refractivity contribution in [1.29, 1.82) is 0 Å². The van der Waals surface area contributed by atoms with Gasteiger partial charge in [0.15, 0.2) is 17.5 Å². The van der Waals surface area contributed by atoms with Crippen LogP contribution in [-0.2, 0) is 0 Å². The molecule has 0 atom stereocenters. The van der Waals surface area contributed by atoms with Gasteiger partial charge >= 0.3 is 0 Å². The standard InChI is InChI=1S/C47H28N4S/c1-2-10-31(11-3-1)45-48-46(50-47(49-45)33-23-25-43-39(28-33)37-15-5-7-19-42(37)52-43)32-21-20-29-22-24-35(27-34(29)26-32)51-40-17-6-4-14-36(40)38-16-8-12-30-13-9-18-41(51)44(30)38/h1-28H. The highest BCUT2D eigenvalue weighted by molar-refractivity contribution is 7.25. The molecule has 0 unspecified atom stereocenters. The first-order valence-corrected chi connectivity index (χ1v) is 18.3. The maximum absolute atomic E-state index is 5.14. The summed E-state index contributed by atoms with van der Waals surface area (Å²) in [5.41, 5.74) is 8.85. The van der Waals surface area contributed by atoms with Crippen LogP contribution in [0.3, 0.4) is 0 Å². The van der Waals surface area contributed by atoms with Gasteiger partial charge in [0.1, 0.15) is 0 Å². The Morgan fingerprint density at radius 1 is 0.385 bits per heavy atom. The molecule has 0 saturated carbocycles. The van der Waals surface area contributed by atoms with Crippen LogP contribution >= 0.6 is 11.3 Å². The van der Waals surface area contributed by atoms with Gasteiger partial charge in [0.25, 0.3) is 0 Å². The third-order valence-corrected chi connectivity index (χ3v) is 11.4. The second kappa shape index (κ2) is 11.4. The molecule has 52 heavy (non-hydrogen) atoms. The highest BCUT2D eigenvalue weighted by Crippen LogP contribution is 2.51. The summed E-state index contributed by atoms with van der Waals surface area (Å²) < 4.78 is 2.53. The first-order valence-electron chi connectivity index (χ1n) is 17.4. The lowest BCUT2D eigenvalue weighted by atomic mass is 9.91. The van der Waals surface area contributed by atoms with Crippen LogP contribution in [0.1, 0.15) is 0 Å². The maximum Gasteiger partial charge on any atom is 0.164 e. The molecule has 1 aliphatic heterocycles. The van der Waals surface area contributed by atoms with Gasteiger partial charge in [-0.05, 0) is 76.3 Å². The fourth-order valence-electron chi connectivity index (χ4n) is 7.76. The highest BCUT2D eigenvalue weighted by atomic mass is 32.1. The van der Waals surface area contributed by atoms with Crippen LogP contribution in [0.2, 0.25) is 0 Å². The zero-order valence-electron chi connectivity index (χ0n) is 27.9. The summed E-state index contributed by atoms with van der Waals surface area (Å²) in [6.45, 7) is 0. The van der Waals surface area contributed by atoms with E-state index in [1.807, 2.05) is 29.5 Å². The number of hydrogen-bond donors (Lipinski definition) is 0. The third-order valence-electron chi connectivity index (χ3n) is 10.2. The fraction of sp³-hybridized carbons (Fsp3) is 0. The van der Waals surface area contributed by atoms with Gasteiger partial charge in [-0.2, -0.15) is 0 Å². The zero-order chi connectivity index (χ0) is 34.2. The van der Waals surface area contributed by atoms with E-state index in [0.717, 1.165) is 33.2 Å². The molecule has 0 aliphatic carbocycles. The number of aromatic nitrogens is 3. The number of nitrogens with zero attached hydrogens (tertiary/aromatic N) is 4. The molecule has 242 valence electrons. The normalized spacial score (nSPS) is 12.2. The van der Waals surface area contributed by atoms with Crippen molar-refractivity contribution in [3.8, 4) is 45.3 Å². The maximum atomic E-state index is 5.14. The predicted octanol–water partition coefficient (Wildman–Crippen LogP) is 13.0. The monoisotopic (exact) mass is 680 g/mol. The van der Waals surface area contributed by atoms with Crippen LogP contribution in [0.5, 0.6) is 0 Å². The molecule has 5 heteroatoms. The molecule has 0 bridgehead atoms. The van der Waals surface area contributed by atoms with Crippen LogP contribution in [0.15, 0.2) is 170 Å². The summed E-state index contributed by atoms with van der Waals surface area (Å²) >= 11 is 1.81. The van der Waals surface area contributed by atoms with E-state index in [9.17, 15) is 0 Å². The average Bonchev–Trinajstić information content (AvgIpc) is 3.59. The van der Waals surface area contributed by atoms with Crippen molar-refractivity contribution in [2.24, 2.45) is 0 Å². The van der Waals surface area contributed by atoms with E-state index in [0.29, 0.717) is 17.5 Å². The van der Waals surface area contributed by atoms with Gasteiger partial charge in [-0.1, -0.05) is 115 Å². The van der Waals surface area contributed by atoms with E-state index in [1.54, 1.807) is 0 Å². The van der Waals surface area contributed by atoms with Crippen molar-refractivity contribution in [2.75, 3.05) is 4.90 Å². The molecule has 4 nitrogen and oxygen atoms in total. The van der Waals surface area contributed by atoms with Crippen molar-refractivity contribution in [1.82, 2.24) is 15.0 Å². The van der Waals surface area contributed by atoms with Crippen LogP contribution in [-0.4, -0.2) is 15.0 Å². The van der Waals surface area contributed by atoms with Crippen molar-refractivity contribution in [3.63, 3.8) is 0 Å². The van der Waals surface area contributed by atoms with Gasteiger partial charge in [0, 0.05) is 53.5 Å². The number of anilines is 3. The zero-order valence-corrected chi connectivity index (χ0v) is 28.7. The Hall–Kier alpha value is -6.69. The molecule has 2 aromatic heterocycles. The number of rotatable bonds is 4. The third kappa shape index (κ3) is 4.57. The van der Waals surface area contributed by atoms with E-state index >= 15 is 0 Å². The quantitative estimate of drug-likeness (QED) is 0.186. The molecule has 11 rings (SSSR count). The summed E-state index contributed by atoms with van der Waals surface area (Å²) in [4.78, 5) is 17.7.